The van der Waals surface area contributed by atoms with Crippen molar-refractivity contribution in [3.05, 3.63) is 0 Å². The largest absolute Gasteiger partial charge is 0.332 e. The van der Waals surface area contributed by atoms with Crippen molar-refractivity contribution in [2.75, 3.05) is 14.1 Å². The summed E-state index contributed by atoms with van der Waals surface area (Å²) in [6.45, 7) is 2.09. The topological polar surface area (TPSA) is 91.8 Å². The Balaban J connectivity index is 2.07. The van der Waals surface area contributed by atoms with Crippen LogP contribution in [0.2, 0.25) is 0 Å². The van der Waals surface area contributed by atoms with Gasteiger partial charge in [-0.1, -0.05) is 26.2 Å². The predicted molar refractivity (Wildman–Crippen MR) is 89.4 cm³/mol. The Morgan fingerprint density at radius 1 is 1.04 bits per heavy atom. The number of Topliss-reactive ketones (excluding diaryl/α,β-unsaturated/α-hetero) is 2. The minimum Gasteiger partial charge on any atom is -0.299 e. The standard InChI is InChI=1S/C18H26N2O5/c1-4-5-6-7-12-11(8-9-13(12)21)10-14(22)15-16(23)19(2)18(25)20(3)17(15)24/h11-12,15H,4-10H2,1-3H3. The van der Waals surface area contributed by atoms with Gasteiger partial charge in [0.05, 0.1) is 0 Å². The Labute approximate surface area is 147 Å². The first-order valence-electron chi connectivity index (χ1n) is 8.94. The van der Waals surface area contributed by atoms with Gasteiger partial charge in [-0.3, -0.25) is 29.0 Å². The van der Waals surface area contributed by atoms with E-state index in [2.05, 4.69) is 6.92 Å². The third kappa shape index (κ3) is 3.80. The molecule has 0 aromatic heterocycles. The molecule has 2 unspecified atom stereocenters. The summed E-state index contributed by atoms with van der Waals surface area (Å²) < 4.78 is 0. The average molecular weight is 350 g/mol. The highest BCUT2D eigenvalue weighted by atomic mass is 16.2. The van der Waals surface area contributed by atoms with Gasteiger partial charge in [0.1, 0.15) is 5.78 Å². The quantitative estimate of drug-likeness (QED) is 0.515. The van der Waals surface area contributed by atoms with Gasteiger partial charge < -0.3 is 0 Å². The Bertz CT molecular complexity index is 576. The number of carbonyl (C=O) groups excluding carboxylic acids is 5. The van der Waals surface area contributed by atoms with E-state index < -0.39 is 29.5 Å². The van der Waals surface area contributed by atoms with Gasteiger partial charge in [0, 0.05) is 32.9 Å². The van der Waals surface area contributed by atoms with Crippen molar-refractivity contribution in [2.24, 2.45) is 17.8 Å². The van der Waals surface area contributed by atoms with Crippen LogP contribution in [0.5, 0.6) is 0 Å². The maximum atomic E-state index is 12.6. The van der Waals surface area contributed by atoms with E-state index in [1.54, 1.807) is 0 Å². The molecule has 2 atom stereocenters. The number of hydrogen-bond acceptors (Lipinski definition) is 5. The molecule has 1 saturated carbocycles. The first-order valence-corrected chi connectivity index (χ1v) is 8.94. The highest BCUT2D eigenvalue weighted by Gasteiger charge is 2.47. The van der Waals surface area contributed by atoms with Crippen LogP contribution in [0.25, 0.3) is 0 Å². The smallest absolute Gasteiger partial charge is 0.299 e. The highest BCUT2D eigenvalue weighted by molar-refractivity contribution is 6.26. The normalized spacial score (nSPS) is 25.2. The summed E-state index contributed by atoms with van der Waals surface area (Å²) in [6.07, 6.45) is 4.93. The van der Waals surface area contributed by atoms with E-state index in [0.717, 1.165) is 35.5 Å². The van der Waals surface area contributed by atoms with Crippen LogP contribution in [0.4, 0.5) is 4.79 Å². The van der Waals surface area contributed by atoms with Gasteiger partial charge >= 0.3 is 6.03 Å². The molecule has 25 heavy (non-hydrogen) atoms. The van der Waals surface area contributed by atoms with E-state index in [1.807, 2.05) is 0 Å². The molecule has 0 bridgehead atoms. The second kappa shape index (κ2) is 7.89. The first kappa shape index (κ1) is 19.3. The molecule has 0 aromatic carbocycles. The number of urea groups is 1. The Morgan fingerprint density at radius 2 is 1.64 bits per heavy atom. The lowest BCUT2D eigenvalue weighted by Crippen LogP contribution is -2.59. The van der Waals surface area contributed by atoms with Crippen molar-refractivity contribution in [3.63, 3.8) is 0 Å². The van der Waals surface area contributed by atoms with Gasteiger partial charge in [-0.2, -0.15) is 0 Å². The summed E-state index contributed by atoms with van der Waals surface area (Å²) in [6, 6.07) is -0.729. The maximum Gasteiger partial charge on any atom is 0.332 e. The molecule has 0 aromatic rings. The molecule has 1 aliphatic heterocycles. The van der Waals surface area contributed by atoms with Gasteiger partial charge in [-0.25, -0.2) is 4.79 Å². The van der Waals surface area contributed by atoms with Gasteiger partial charge in [0.25, 0.3) is 11.8 Å². The van der Waals surface area contributed by atoms with Crippen molar-refractivity contribution in [1.29, 1.82) is 0 Å². The molecule has 7 heteroatoms. The second-order valence-corrected chi connectivity index (χ2v) is 7.05. The predicted octanol–water partition coefficient (Wildman–Crippen LogP) is 1.79. The minimum absolute atomic E-state index is 0.0422. The molecule has 4 amide bonds. The number of unbranched alkanes of at least 4 members (excludes halogenated alkanes) is 2. The molecule has 2 fully saturated rings. The van der Waals surface area contributed by atoms with Gasteiger partial charge in [0.15, 0.2) is 11.7 Å². The number of carbonyl (C=O) groups is 5. The number of imide groups is 2. The molecule has 1 saturated heterocycles. The summed E-state index contributed by atoms with van der Waals surface area (Å²) in [5.41, 5.74) is 0. The lowest BCUT2D eigenvalue weighted by Gasteiger charge is -2.32. The van der Waals surface area contributed by atoms with Crippen molar-refractivity contribution < 1.29 is 24.0 Å². The molecule has 7 nitrogen and oxygen atoms in total. The van der Waals surface area contributed by atoms with Crippen LogP contribution in [0.1, 0.15) is 51.9 Å². The zero-order valence-corrected chi connectivity index (χ0v) is 15.1. The van der Waals surface area contributed by atoms with E-state index >= 15 is 0 Å². The molecule has 138 valence electrons. The fourth-order valence-corrected chi connectivity index (χ4v) is 3.79. The minimum atomic E-state index is -1.46. The lowest BCUT2D eigenvalue weighted by atomic mass is 9.83. The number of rotatable bonds is 7. The summed E-state index contributed by atoms with van der Waals surface area (Å²) in [4.78, 5) is 62.6. The van der Waals surface area contributed by atoms with E-state index in [9.17, 15) is 24.0 Å². The Kier molecular flexibility index (Phi) is 6.08. The maximum absolute atomic E-state index is 12.6. The number of amides is 4. The van der Waals surface area contributed by atoms with Crippen molar-refractivity contribution in [1.82, 2.24) is 9.80 Å². The first-order chi connectivity index (χ1) is 11.8. The van der Waals surface area contributed by atoms with E-state index in [4.69, 9.17) is 0 Å². The van der Waals surface area contributed by atoms with Crippen LogP contribution < -0.4 is 0 Å². The van der Waals surface area contributed by atoms with Crippen LogP contribution in [0.3, 0.4) is 0 Å². The van der Waals surface area contributed by atoms with Gasteiger partial charge in [-0.05, 0) is 18.8 Å². The zero-order chi connectivity index (χ0) is 18.7. The molecule has 2 aliphatic rings. The highest BCUT2D eigenvalue weighted by Crippen LogP contribution is 2.36. The van der Waals surface area contributed by atoms with E-state index in [-0.39, 0.29) is 24.0 Å². The zero-order valence-electron chi connectivity index (χ0n) is 15.1. The summed E-state index contributed by atoms with van der Waals surface area (Å²) in [5, 5.41) is 0. The molecular weight excluding hydrogens is 324 g/mol. The van der Waals surface area contributed by atoms with Crippen molar-refractivity contribution >= 4 is 29.4 Å². The molecule has 1 heterocycles. The lowest BCUT2D eigenvalue weighted by molar-refractivity contribution is -0.152. The Morgan fingerprint density at radius 3 is 2.20 bits per heavy atom. The van der Waals surface area contributed by atoms with Gasteiger partial charge in [-0.15, -0.1) is 0 Å². The monoisotopic (exact) mass is 350 g/mol. The third-order valence-electron chi connectivity index (χ3n) is 5.38. The van der Waals surface area contributed by atoms with Crippen molar-refractivity contribution in [3.8, 4) is 0 Å². The van der Waals surface area contributed by atoms with Crippen molar-refractivity contribution in [2.45, 2.75) is 51.9 Å². The fraction of sp³-hybridized carbons (Fsp3) is 0.722. The molecule has 0 spiro atoms. The summed E-state index contributed by atoms with van der Waals surface area (Å²) in [5.74, 6) is -3.57. The van der Waals surface area contributed by atoms with Crippen LogP contribution in [0.15, 0.2) is 0 Å². The molecular formula is C18H26N2O5. The summed E-state index contributed by atoms with van der Waals surface area (Å²) >= 11 is 0. The molecule has 0 radical (unpaired) electrons. The Hall–Kier alpha value is -2.05. The molecule has 0 N–H and O–H groups in total. The third-order valence-corrected chi connectivity index (χ3v) is 5.38. The van der Waals surface area contributed by atoms with Gasteiger partial charge in [0.2, 0.25) is 0 Å². The number of hydrogen-bond donors (Lipinski definition) is 0. The molecule has 1 aliphatic carbocycles. The second-order valence-electron chi connectivity index (χ2n) is 7.05. The number of nitrogens with zero attached hydrogens (tertiary/aromatic N) is 2. The SMILES string of the molecule is CCCCCC1C(=O)CCC1CC(=O)C1C(=O)N(C)C(=O)N(C)C1=O. The van der Waals surface area contributed by atoms with Crippen LogP contribution in [0, 0.1) is 17.8 Å². The van der Waals surface area contributed by atoms with Crippen LogP contribution in [-0.2, 0) is 19.2 Å². The number of barbiturate groups is 1. The van der Waals surface area contributed by atoms with E-state index in [1.165, 1.54) is 14.1 Å². The molecule has 2 rings (SSSR count). The van der Waals surface area contributed by atoms with E-state index in [0.29, 0.717) is 12.8 Å². The average Bonchev–Trinajstić information content (AvgIpc) is 2.92. The summed E-state index contributed by atoms with van der Waals surface area (Å²) in [7, 11) is 2.53. The number of ketones is 2. The van der Waals surface area contributed by atoms with Crippen LogP contribution >= 0.6 is 0 Å². The van der Waals surface area contributed by atoms with Crippen LogP contribution in [-0.4, -0.2) is 53.3 Å². The fourth-order valence-electron chi connectivity index (χ4n) is 3.79.